The zero-order valence-electron chi connectivity index (χ0n) is 17.9. The number of nitrogens with zero attached hydrogens (tertiary/aromatic N) is 1. The van der Waals surface area contributed by atoms with E-state index in [0.29, 0.717) is 12.0 Å². The average molecular weight is 438 g/mol. The first-order valence-corrected chi connectivity index (χ1v) is 11.2. The van der Waals surface area contributed by atoms with E-state index in [9.17, 15) is 17.6 Å². The van der Waals surface area contributed by atoms with Gasteiger partial charge in [0.25, 0.3) is 5.91 Å². The number of benzene rings is 2. The van der Waals surface area contributed by atoms with Crippen LogP contribution in [0.5, 0.6) is 11.5 Å². The minimum absolute atomic E-state index is 0.00910. The second-order valence-corrected chi connectivity index (χ2v) is 9.38. The van der Waals surface area contributed by atoms with Gasteiger partial charge in [0.15, 0.2) is 11.5 Å². The second kappa shape index (κ2) is 9.93. The van der Waals surface area contributed by atoms with Crippen molar-refractivity contribution in [1.82, 2.24) is 4.90 Å². The fourth-order valence-corrected chi connectivity index (χ4v) is 3.31. The maximum absolute atomic E-state index is 14.2. The maximum Gasteiger partial charge on any atom is 0.311 e. The molecule has 8 heteroatoms. The summed E-state index contributed by atoms with van der Waals surface area (Å²) in [6, 6.07) is 10.5. The van der Waals surface area contributed by atoms with Crippen LogP contribution in [0.25, 0.3) is 0 Å². The molecule has 0 saturated heterocycles. The first kappa shape index (κ1) is 23.7. The Labute approximate surface area is 177 Å². The van der Waals surface area contributed by atoms with E-state index in [1.54, 1.807) is 23.1 Å². The quantitative estimate of drug-likeness (QED) is 0.544. The molecule has 164 valence electrons. The van der Waals surface area contributed by atoms with Gasteiger partial charge < -0.3 is 13.8 Å². The fraction of sp³-hybridized carbons (Fsp3) is 0.409. The lowest BCUT2D eigenvalue weighted by Crippen LogP contribution is -2.38. The van der Waals surface area contributed by atoms with Gasteiger partial charge in [0.2, 0.25) is 0 Å². The lowest BCUT2D eigenvalue weighted by atomic mass is 10.1. The zero-order valence-corrected chi connectivity index (χ0v) is 18.7. The molecule has 0 bridgehead atoms. The van der Waals surface area contributed by atoms with Crippen molar-refractivity contribution in [2.45, 2.75) is 52.0 Å². The Kier molecular flexibility index (Phi) is 7.83. The molecule has 6 nitrogen and oxygen atoms in total. The molecule has 0 aliphatic heterocycles. The van der Waals surface area contributed by atoms with Gasteiger partial charge in [-0.25, -0.2) is 4.39 Å². The summed E-state index contributed by atoms with van der Waals surface area (Å²) in [5.74, 6) is -0.710. The highest BCUT2D eigenvalue weighted by Gasteiger charge is 2.25. The number of methoxy groups -OCH3 is 1. The van der Waals surface area contributed by atoms with Crippen molar-refractivity contribution in [1.29, 1.82) is 0 Å². The normalized spacial score (nSPS) is 12.5. The van der Waals surface area contributed by atoms with Crippen molar-refractivity contribution in [2.75, 3.05) is 7.11 Å². The number of carbonyl (C=O) groups is 1. The summed E-state index contributed by atoms with van der Waals surface area (Å²) in [5, 5.41) is -0.731. The molecule has 0 radical (unpaired) electrons. The topological polar surface area (TPSA) is 72.9 Å². The third kappa shape index (κ3) is 5.50. The summed E-state index contributed by atoms with van der Waals surface area (Å²) in [5.41, 5.74) is 0.625. The standard InChI is InChI=1S/C22H28FNO5S/c1-6-16(4)24(22(25)18-9-7-8-10-19(18)23)14-17-11-12-20(28-5)21(13-17)29-30(26,27)15(2)3/h7-13,15-16H,6,14H2,1-5H3. The molecule has 1 atom stereocenters. The van der Waals surface area contributed by atoms with Crippen LogP contribution in [0.4, 0.5) is 4.39 Å². The molecule has 30 heavy (non-hydrogen) atoms. The van der Waals surface area contributed by atoms with Gasteiger partial charge in [-0.05, 0) is 57.0 Å². The molecule has 0 N–H and O–H groups in total. The Morgan fingerprint density at radius 2 is 1.77 bits per heavy atom. The Balaban J connectivity index is 2.40. The lowest BCUT2D eigenvalue weighted by molar-refractivity contribution is 0.0666. The van der Waals surface area contributed by atoms with Gasteiger partial charge in [-0.3, -0.25) is 4.79 Å². The molecule has 0 fully saturated rings. The van der Waals surface area contributed by atoms with E-state index in [4.69, 9.17) is 8.92 Å². The van der Waals surface area contributed by atoms with Gasteiger partial charge in [-0.1, -0.05) is 25.1 Å². The molecule has 0 spiro atoms. The van der Waals surface area contributed by atoms with Crippen molar-refractivity contribution < 1.29 is 26.5 Å². The Morgan fingerprint density at radius 1 is 1.10 bits per heavy atom. The van der Waals surface area contributed by atoms with Crippen LogP contribution in [0.15, 0.2) is 42.5 Å². The van der Waals surface area contributed by atoms with Gasteiger partial charge in [0.1, 0.15) is 5.82 Å². The molecule has 2 rings (SSSR count). The summed E-state index contributed by atoms with van der Waals surface area (Å²) in [7, 11) is -2.41. The monoisotopic (exact) mass is 437 g/mol. The molecule has 0 aromatic heterocycles. The van der Waals surface area contributed by atoms with Crippen LogP contribution >= 0.6 is 0 Å². The molecule has 0 aliphatic carbocycles. The van der Waals surface area contributed by atoms with Crippen LogP contribution in [0, 0.1) is 5.82 Å². The van der Waals surface area contributed by atoms with Gasteiger partial charge in [0, 0.05) is 12.6 Å². The van der Waals surface area contributed by atoms with E-state index in [1.807, 2.05) is 13.8 Å². The highest BCUT2D eigenvalue weighted by atomic mass is 32.2. The SMILES string of the molecule is CCC(C)N(Cc1ccc(OC)c(OS(=O)(=O)C(C)C)c1)C(=O)c1ccccc1F. The maximum atomic E-state index is 14.2. The number of ether oxygens (including phenoxy) is 1. The number of hydrogen-bond donors (Lipinski definition) is 0. The van der Waals surface area contributed by atoms with Gasteiger partial charge in [-0.2, -0.15) is 8.42 Å². The molecule has 0 aliphatic rings. The number of rotatable bonds is 9. The average Bonchev–Trinajstić information content (AvgIpc) is 2.71. The van der Waals surface area contributed by atoms with Crippen LogP contribution in [0.1, 0.15) is 50.0 Å². The number of halogens is 1. The molecule has 0 saturated carbocycles. The van der Waals surface area contributed by atoms with E-state index in [1.165, 1.54) is 45.2 Å². The Hall–Kier alpha value is -2.61. The summed E-state index contributed by atoms with van der Waals surface area (Å²) in [6.07, 6.45) is 0.668. The van der Waals surface area contributed by atoms with Gasteiger partial charge in [0.05, 0.1) is 17.9 Å². The Morgan fingerprint density at radius 3 is 2.33 bits per heavy atom. The van der Waals surface area contributed by atoms with E-state index >= 15 is 0 Å². The minimum atomic E-state index is -3.83. The van der Waals surface area contributed by atoms with Crippen LogP contribution in [0.2, 0.25) is 0 Å². The summed E-state index contributed by atoms with van der Waals surface area (Å²) < 4.78 is 49.0. The van der Waals surface area contributed by atoms with Crippen molar-refractivity contribution in [3.8, 4) is 11.5 Å². The first-order valence-electron chi connectivity index (χ1n) is 9.76. The molecule has 0 heterocycles. The van der Waals surface area contributed by atoms with Crippen molar-refractivity contribution in [3.05, 3.63) is 59.4 Å². The van der Waals surface area contributed by atoms with Crippen LogP contribution in [-0.4, -0.2) is 37.6 Å². The Bertz CT molecular complexity index is 991. The molecule has 1 unspecified atom stereocenters. The molecule has 2 aromatic rings. The molecular formula is C22H28FNO5S. The molecular weight excluding hydrogens is 409 g/mol. The first-order chi connectivity index (χ1) is 14.1. The van der Waals surface area contributed by atoms with Crippen LogP contribution in [-0.2, 0) is 16.7 Å². The van der Waals surface area contributed by atoms with Crippen LogP contribution < -0.4 is 8.92 Å². The minimum Gasteiger partial charge on any atom is -0.493 e. The second-order valence-electron chi connectivity index (χ2n) is 7.28. The lowest BCUT2D eigenvalue weighted by Gasteiger charge is -2.29. The highest BCUT2D eigenvalue weighted by molar-refractivity contribution is 7.87. The smallest absolute Gasteiger partial charge is 0.311 e. The van der Waals surface area contributed by atoms with E-state index in [-0.39, 0.29) is 29.6 Å². The van der Waals surface area contributed by atoms with E-state index in [0.717, 1.165) is 0 Å². The predicted molar refractivity (Wildman–Crippen MR) is 114 cm³/mol. The van der Waals surface area contributed by atoms with Crippen molar-refractivity contribution in [3.63, 3.8) is 0 Å². The summed E-state index contributed by atoms with van der Waals surface area (Å²) in [6.45, 7) is 7.00. The highest BCUT2D eigenvalue weighted by Crippen LogP contribution is 2.31. The number of amides is 1. The number of carbonyl (C=O) groups excluding carboxylic acids is 1. The van der Waals surface area contributed by atoms with E-state index < -0.39 is 27.1 Å². The van der Waals surface area contributed by atoms with Gasteiger partial charge >= 0.3 is 10.1 Å². The third-order valence-electron chi connectivity index (χ3n) is 4.85. The predicted octanol–water partition coefficient (Wildman–Crippen LogP) is 4.39. The van der Waals surface area contributed by atoms with Crippen molar-refractivity contribution in [2.24, 2.45) is 0 Å². The fourth-order valence-electron chi connectivity index (χ4n) is 2.74. The van der Waals surface area contributed by atoms with Crippen molar-refractivity contribution >= 4 is 16.0 Å². The number of hydrogen-bond acceptors (Lipinski definition) is 5. The largest absolute Gasteiger partial charge is 0.493 e. The molecule has 2 aromatic carbocycles. The summed E-state index contributed by atoms with van der Waals surface area (Å²) in [4.78, 5) is 14.6. The van der Waals surface area contributed by atoms with Crippen LogP contribution in [0.3, 0.4) is 0 Å². The third-order valence-corrected chi connectivity index (χ3v) is 6.42. The molecule has 1 amide bonds. The summed E-state index contributed by atoms with van der Waals surface area (Å²) >= 11 is 0. The van der Waals surface area contributed by atoms with E-state index in [2.05, 4.69) is 0 Å². The van der Waals surface area contributed by atoms with Gasteiger partial charge in [-0.15, -0.1) is 0 Å². The zero-order chi connectivity index (χ0) is 22.5.